The van der Waals surface area contributed by atoms with Crippen LogP contribution in [0.15, 0.2) is 77.7 Å². The number of rotatable bonds is 11. The van der Waals surface area contributed by atoms with E-state index in [1.54, 1.807) is 37.3 Å². The first-order valence-electron chi connectivity index (χ1n) is 13.2. The molecule has 3 aromatic carbocycles. The second-order valence-corrected chi connectivity index (χ2v) is 12.3. The fourth-order valence-electron chi connectivity index (χ4n) is 4.25. The molecular weight excluding hydrogens is 510 g/mol. The number of amides is 2. The maximum absolute atomic E-state index is 14.0. The van der Waals surface area contributed by atoms with Gasteiger partial charge in [-0.1, -0.05) is 79.6 Å². The predicted octanol–water partition coefficient (Wildman–Crippen LogP) is 5.00. The molecule has 0 saturated carbocycles. The monoisotopic (exact) mass is 549 g/mol. The molecule has 0 aliphatic rings. The largest absolute Gasteiger partial charge is 0.354 e. The molecule has 0 aliphatic carbocycles. The van der Waals surface area contributed by atoms with Crippen molar-refractivity contribution in [3.63, 3.8) is 0 Å². The number of aryl methyl sites for hydroxylation is 3. The maximum Gasteiger partial charge on any atom is 0.264 e. The molecule has 1 atom stereocenters. The van der Waals surface area contributed by atoms with E-state index >= 15 is 0 Å². The lowest BCUT2D eigenvalue weighted by Crippen LogP contribution is -2.51. The van der Waals surface area contributed by atoms with Gasteiger partial charge in [-0.2, -0.15) is 0 Å². The molecule has 208 valence electrons. The third-order valence-electron chi connectivity index (χ3n) is 6.56. The van der Waals surface area contributed by atoms with Crippen LogP contribution in [0.2, 0.25) is 0 Å². The summed E-state index contributed by atoms with van der Waals surface area (Å²) in [5, 5.41) is 2.90. The number of nitrogens with zero attached hydrogens (tertiary/aromatic N) is 2. The normalized spacial score (nSPS) is 12.2. The Morgan fingerprint density at radius 2 is 1.46 bits per heavy atom. The molecular formula is C31H39N3O4S. The molecule has 0 fully saturated rings. The third kappa shape index (κ3) is 7.69. The van der Waals surface area contributed by atoms with Crippen molar-refractivity contribution in [2.75, 3.05) is 17.4 Å². The smallest absolute Gasteiger partial charge is 0.264 e. The van der Waals surface area contributed by atoms with Crippen LogP contribution in [0.1, 0.15) is 43.0 Å². The molecule has 0 unspecified atom stereocenters. The van der Waals surface area contributed by atoms with Gasteiger partial charge in [0.05, 0.1) is 10.6 Å². The molecule has 2 amide bonds. The zero-order chi connectivity index (χ0) is 28.7. The van der Waals surface area contributed by atoms with Crippen LogP contribution in [-0.2, 0) is 26.2 Å². The van der Waals surface area contributed by atoms with E-state index in [1.165, 1.54) is 4.90 Å². The number of carbonyl (C=O) groups excluding carboxylic acids is 2. The lowest BCUT2D eigenvalue weighted by molar-refractivity contribution is -0.139. The average molecular weight is 550 g/mol. The second-order valence-electron chi connectivity index (χ2n) is 10.4. The first-order chi connectivity index (χ1) is 18.4. The van der Waals surface area contributed by atoms with Crippen molar-refractivity contribution in [1.82, 2.24) is 10.2 Å². The summed E-state index contributed by atoms with van der Waals surface area (Å²) in [5.41, 5.74) is 3.91. The van der Waals surface area contributed by atoms with Crippen molar-refractivity contribution in [3.05, 3.63) is 95.1 Å². The highest BCUT2D eigenvalue weighted by molar-refractivity contribution is 7.92. The zero-order valence-electron chi connectivity index (χ0n) is 23.6. The molecule has 39 heavy (non-hydrogen) atoms. The van der Waals surface area contributed by atoms with Gasteiger partial charge in [-0.3, -0.25) is 13.9 Å². The molecule has 0 radical (unpaired) electrons. The summed E-state index contributed by atoms with van der Waals surface area (Å²) < 4.78 is 29.1. The summed E-state index contributed by atoms with van der Waals surface area (Å²) in [7, 11) is -4.09. The second kappa shape index (κ2) is 12.9. The van der Waals surface area contributed by atoms with E-state index in [2.05, 4.69) is 5.32 Å². The van der Waals surface area contributed by atoms with Crippen molar-refractivity contribution in [2.45, 2.75) is 59.0 Å². The first kappa shape index (κ1) is 29.9. The van der Waals surface area contributed by atoms with Crippen LogP contribution in [0.25, 0.3) is 0 Å². The molecule has 3 aromatic rings. The van der Waals surface area contributed by atoms with Gasteiger partial charge in [0.1, 0.15) is 12.6 Å². The highest BCUT2D eigenvalue weighted by atomic mass is 32.2. The van der Waals surface area contributed by atoms with Crippen LogP contribution in [0.4, 0.5) is 5.69 Å². The number of benzene rings is 3. The Labute approximate surface area is 232 Å². The van der Waals surface area contributed by atoms with E-state index in [0.29, 0.717) is 12.2 Å². The average Bonchev–Trinajstić information content (AvgIpc) is 2.89. The van der Waals surface area contributed by atoms with Gasteiger partial charge < -0.3 is 10.2 Å². The molecule has 3 rings (SSSR count). The van der Waals surface area contributed by atoms with Crippen LogP contribution in [0.3, 0.4) is 0 Å². The molecule has 0 saturated heterocycles. The van der Waals surface area contributed by atoms with E-state index in [1.807, 2.05) is 77.1 Å². The molecule has 0 spiro atoms. The Bertz CT molecular complexity index is 1390. The van der Waals surface area contributed by atoms with Crippen LogP contribution in [0.5, 0.6) is 0 Å². The lowest BCUT2D eigenvalue weighted by atomic mass is 10.1. The van der Waals surface area contributed by atoms with Gasteiger partial charge in [0.15, 0.2) is 0 Å². The number of hydrogen-bond acceptors (Lipinski definition) is 4. The number of hydrogen-bond donors (Lipinski definition) is 1. The Kier molecular flexibility index (Phi) is 9.92. The predicted molar refractivity (Wildman–Crippen MR) is 156 cm³/mol. The van der Waals surface area contributed by atoms with E-state index in [0.717, 1.165) is 26.6 Å². The van der Waals surface area contributed by atoms with Crippen LogP contribution < -0.4 is 9.62 Å². The Morgan fingerprint density at radius 1 is 0.846 bits per heavy atom. The van der Waals surface area contributed by atoms with E-state index in [4.69, 9.17) is 0 Å². The van der Waals surface area contributed by atoms with Gasteiger partial charge in [0.2, 0.25) is 11.8 Å². The Hall–Kier alpha value is -3.65. The number of nitrogens with one attached hydrogen (secondary N) is 1. The van der Waals surface area contributed by atoms with Crippen molar-refractivity contribution < 1.29 is 18.0 Å². The van der Waals surface area contributed by atoms with Gasteiger partial charge in [-0.15, -0.1) is 0 Å². The summed E-state index contributed by atoms with van der Waals surface area (Å²) in [6.07, 6.45) is 0. The topological polar surface area (TPSA) is 86.8 Å². The van der Waals surface area contributed by atoms with E-state index in [9.17, 15) is 18.0 Å². The van der Waals surface area contributed by atoms with Crippen LogP contribution in [0, 0.1) is 26.7 Å². The SMILES string of the molecule is Cc1ccc(S(=O)(=O)N(CC(=O)N(Cc2ccccc2)[C@@H](C)C(=O)NCC(C)C)c2ccc(C)cc2C)cc1. The first-order valence-corrected chi connectivity index (χ1v) is 14.6. The molecule has 0 aromatic heterocycles. The standard InChI is InChI=1S/C31H39N3O4S/c1-22(2)19-32-31(36)26(6)33(20-27-10-8-7-9-11-27)30(35)21-34(29-17-14-24(4)18-25(29)5)39(37,38)28-15-12-23(3)13-16-28/h7-18,22,26H,19-21H2,1-6H3,(H,32,36)/t26-/m0/s1. The third-order valence-corrected chi connectivity index (χ3v) is 8.33. The molecule has 8 heteroatoms. The summed E-state index contributed by atoms with van der Waals surface area (Å²) in [4.78, 5) is 28.6. The Balaban J connectivity index is 2.03. The summed E-state index contributed by atoms with van der Waals surface area (Å²) >= 11 is 0. The van der Waals surface area contributed by atoms with Crippen molar-refractivity contribution in [2.24, 2.45) is 5.92 Å². The minimum atomic E-state index is -4.09. The van der Waals surface area contributed by atoms with Gasteiger partial charge >= 0.3 is 0 Å². The van der Waals surface area contributed by atoms with Crippen molar-refractivity contribution in [1.29, 1.82) is 0 Å². The summed E-state index contributed by atoms with van der Waals surface area (Å²) in [6.45, 7) is 11.5. The van der Waals surface area contributed by atoms with Gasteiger partial charge in [0.25, 0.3) is 10.0 Å². The minimum Gasteiger partial charge on any atom is -0.354 e. The molecule has 1 N–H and O–H groups in total. The molecule has 0 aliphatic heterocycles. The highest BCUT2D eigenvalue weighted by Gasteiger charge is 2.33. The zero-order valence-corrected chi connectivity index (χ0v) is 24.5. The fraction of sp³-hybridized carbons (Fsp3) is 0.355. The van der Waals surface area contributed by atoms with Crippen molar-refractivity contribution in [3.8, 4) is 0 Å². The highest BCUT2D eigenvalue weighted by Crippen LogP contribution is 2.28. The van der Waals surface area contributed by atoms with Crippen LogP contribution >= 0.6 is 0 Å². The van der Waals surface area contributed by atoms with E-state index < -0.39 is 28.5 Å². The van der Waals surface area contributed by atoms with Gasteiger partial charge in [-0.05, 0) is 62.9 Å². The minimum absolute atomic E-state index is 0.0956. The fourth-order valence-corrected chi connectivity index (χ4v) is 5.73. The van der Waals surface area contributed by atoms with Gasteiger partial charge in [0, 0.05) is 13.1 Å². The number of sulfonamides is 1. The summed E-state index contributed by atoms with van der Waals surface area (Å²) in [6, 6.07) is 20.6. The van der Waals surface area contributed by atoms with Crippen LogP contribution in [-0.4, -0.2) is 44.3 Å². The molecule has 0 heterocycles. The van der Waals surface area contributed by atoms with Crippen molar-refractivity contribution >= 4 is 27.5 Å². The van der Waals surface area contributed by atoms with E-state index in [-0.39, 0.29) is 23.3 Å². The quantitative estimate of drug-likeness (QED) is 0.365. The Morgan fingerprint density at radius 3 is 2.05 bits per heavy atom. The number of carbonyl (C=O) groups is 2. The maximum atomic E-state index is 14.0. The molecule has 0 bridgehead atoms. The van der Waals surface area contributed by atoms with Gasteiger partial charge in [-0.25, -0.2) is 8.42 Å². The molecule has 7 nitrogen and oxygen atoms in total. The lowest BCUT2D eigenvalue weighted by Gasteiger charge is -2.32. The number of anilines is 1. The summed E-state index contributed by atoms with van der Waals surface area (Å²) in [5.74, 6) is -0.506.